The van der Waals surface area contributed by atoms with Gasteiger partial charge in [0.25, 0.3) is 5.78 Å². The molecule has 0 saturated heterocycles. The largest absolute Gasteiger partial charge is 0.479 e. The van der Waals surface area contributed by atoms with E-state index in [2.05, 4.69) is 0 Å². The Morgan fingerprint density at radius 3 is 2.30 bits per heavy atom. The van der Waals surface area contributed by atoms with Crippen LogP contribution in [0.25, 0.3) is 0 Å². The van der Waals surface area contributed by atoms with E-state index >= 15 is 0 Å². The molecular weight excluding hydrogens is 271 g/mol. The first-order valence-corrected chi connectivity index (χ1v) is 6.01. The molecule has 0 N–H and O–H groups in total. The van der Waals surface area contributed by atoms with Crippen LogP contribution in [0.15, 0.2) is 36.2 Å². The highest BCUT2D eigenvalue weighted by atomic mass is 19.4. The van der Waals surface area contributed by atoms with Crippen molar-refractivity contribution in [3.63, 3.8) is 0 Å². The van der Waals surface area contributed by atoms with Gasteiger partial charge in [-0.05, 0) is 26.0 Å². The number of aryl methyl sites for hydroxylation is 1. The van der Waals surface area contributed by atoms with Crippen LogP contribution in [-0.4, -0.2) is 25.6 Å². The van der Waals surface area contributed by atoms with Gasteiger partial charge in [-0.2, -0.15) is 13.2 Å². The molecule has 0 radical (unpaired) electrons. The van der Waals surface area contributed by atoms with Crippen molar-refractivity contribution in [2.75, 3.05) is 18.6 Å². The maximum Gasteiger partial charge on any atom is 0.454 e. The first-order chi connectivity index (χ1) is 9.25. The second kappa shape index (κ2) is 6.45. The number of hydrogen-bond acceptors (Lipinski definition) is 3. The predicted octanol–water partition coefficient (Wildman–Crippen LogP) is 3.44. The number of anilines is 1. The second-order valence-corrected chi connectivity index (χ2v) is 4.17. The minimum absolute atomic E-state index is 0.140. The van der Waals surface area contributed by atoms with E-state index in [-0.39, 0.29) is 12.5 Å². The quantitative estimate of drug-likeness (QED) is 0.613. The van der Waals surface area contributed by atoms with Crippen molar-refractivity contribution >= 4 is 11.5 Å². The monoisotopic (exact) mass is 287 g/mol. The van der Waals surface area contributed by atoms with Gasteiger partial charge in [0.15, 0.2) is 5.88 Å². The topological polar surface area (TPSA) is 29.5 Å². The van der Waals surface area contributed by atoms with Crippen LogP contribution in [0.3, 0.4) is 0 Å². The van der Waals surface area contributed by atoms with Gasteiger partial charge in [-0.15, -0.1) is 0 Å². The van der Waals surface area contributed by atoms with Crippen LogP contribution in [-0.2, 0) is 9.53 Å². The molecule has 3 nitrogen and oxygen atoms in total. The maximum absolute atomic E-state index is 12.3. The number of ether oxygens (including phenoxy) is 1. The van der Waals surface area contributed by atoms with E-state index in [1.165, 1.54) is 11.9 Å². The van der Waals surface area contributed by atoms with Crippen molar-refractivity contribution in [1.29, 1.82) is 0 Å². The number of allylic oxidation sites excluding steroid dienone is 1. The van der Waals surface area contributed by atoms with Crippen LogP contribution in [0, 0.1) is 6.92 Å². The van der Waals surface area contributed by atoms with Crippen molar-refractivity contribution in [2.24, 2.45) is 0 Å². The Morgan fingerprint density at radius 2 is 1.85 bits per heavy atom. The molecule has 1 aromatic carbocycles. The van der Waals surface area contributed by atoms with E-state index in [9.17, 15) is 18.0 Å². The van der Waals surface area contributed by atoms with Crippen LogP contribution in [0.1, 0.15) is 12.5 Å². The minimum atomic E-state index is -4.91. The summed E-state index contributed by atoms with van der Waals surface area (Å²) in [7, 11) is 1.54. The average Bonchev–Trinajstić information content (AvgIpc) is 2.37. The fourth-order valence-electron chi connectivity index (χ4n) is 1.47. The van der Waals surface area contributed by atoms with Crippen molar-refractivity contribution in [2.45, 2.75) is 20.0 Å². The van der Waals surface area contributed by atoms with Gasteiger partial charge in [0, 0.05) is 12.7 Å². The summed E-state index contributed by atoms with van der Waals surface area (Å²) in [6.07, 6.45) is -4.44. The zero-order chi connectivity index (χ0) is 15.3. The van der Waals surface area contributed by atoms with Crippen LogP contribution >= 0.6 is 0 Å². The lowest BCUT2D eigenvalue weighted by Crippen LogP contribution is -2.25. The number of benzene rings is 1. The molecule has 0 aromatic heterocycles. The lowest BCUT2D eigenvalue weighted by Gasteiger charge is -2.22. The number of carbonyl (C=O) groups excluding carboxylic acids is 1. The fourth-order valence-corrected chi connectivity index (χ4v) is 1.47. The molecule has 110 valence electrons. The minimum Gasteiger partial charge on any atom is -0.479 e. The summed E-state index contributed by atoms with van der Waals surface area (Å²) in [6.45, 7) is 3.69. The first kappa shape index (κ1) is 16.1. The fraction of sp³-hybridized carbons (Fsp3) is 0.357. The van der Waals surface area contributed by atoms with Crippen LogP contribution < -0.4 is 4.90 Å². The Labute approximate surface area is 115 Å². The lowest BCUT2D eigenvalue weighted by molar-refractivity contribution is -0.165. The molecule has 0 saturated carbocycles. The number of nitrogens with zero attached hydrogens (tertiary/aromatic N) is 1. The third-order valence-electron chi connectivity index (χ3n) is 2.58. The SMILES string of the molecule is CCO/C(=C/C(=O)C(F)(F)F)N(C)c1ccc(C)cc1. The third-order valence-corrected chi connectivity index (χ3v) is 2.58. The van der Waals surface area contributed by atoms with Gasteiger partial charge in [0.1, 0.15) is 0 Å². The van der Waals surface area contributed by atoms with Gasteiger partial charge < -0.3 is 9.64 Å². The summed E-state index contributed by atoms with van der Waals surface area (Å²) < 4.78 is 42.0. The van der Waals surface area contributed by atoms with E-state index in [4.69, 9.17) is 4.74 Å². The number of rotatable bonds is 5. The van der Waals surface area contributed by atoms with Gasteiger partial charge in [-0.1, -0.05) is 17.7 Å². The Bertz CT molecular complexity index is 492. The van der Waals surface area contributed by atoms with Crippen LogP contribution in [0.5, 0.6) is 0 Å². The number of carbonyl (C=O) groups is 1. The summed E-state index contributed by atoms with van der Waals surface area (Å²) in [5.74, 6) is -2.08. The molecule has 0 spiro atoms. The number of alkyl halides is 3. The highest BCUT2D eigenvalue weighted by molar-refractivity contribution is 5.95. The van der Waals surface area contributed by atoms with Gasteiger partial charge in [-0.25, -0.2) is 0 Å². The lowest BCUT2D eigenvalue weighted by atomic mass is 10.2. The molecule has 20 heavy (non-hydrogen) atoms. The standard InChI is InChI=1S/C14H16F3NO2/c1-4-20-13(9-12(19)14(15,16)17)18(3)11-7-5-10(2)6-8-11/h5-9H,4H2,1-3H3/b13-9+. The molecule has 6 heteroatoms. The highest BCUT2D eigenvalue weighted by Crippen LogP contribution is 2.22. The zero-order valence-corrected chi connectivity index (χ0v) is 11.5. The molecule has 0 bridgehead atoms. The average molecular weight is 287 g/mol. The summed E-state index contributed by atoms with van der Waals surface area (Å²) in [4.78, 5) is 12.4. The van der Waals surface area contributed by atoms with E-state index < -0.39 is 12.0 Å². The molecule has 0 aliphatic rings. The Hall–Kier alpha value is -1.98. The molecular formula is C14H16F3NO2. The van der Waals surface area contributed by atoms with Gasteiger partial charge >= 0.3 is 6.18 Å². The Morgan fingerprint density at radius 1 is 1.30 bits per heavy atom. The zero-order valence-electron chi connectivity index (χ0n) is 11.5. The summed E-state index contributed by atoms with van der Waals surface area (Å²) in [5.41, 5.74) is 1.65. The van der Waals surface area contributed by atoms with E-state index in [1.807, 2.05) is 19.1 Å². The molecule has 0 heterocycles. The molecule has 0 atom stereocenters. The molecule has 0 amide bonds. The summed E-state index contributed by atoms with van der Waals surface area (Å²) in [5, 5.41) is 0. The molecule has 0 unspecified atom stereocenters. The Kier molecular flexibility index (Phi) is 5.19. The van der Waals surface area contributed by atoms with Crippen molar-refractivity contribution in [3.8, 4) is 0 Å². The van der Waals surface area contributed by atoms with Crippen molar-refractivity contribution in [1.82, 2.24) is 0 Å². The van der Waals surface area contributed by atoms with E-state index in [0.717, 1.165) is 5.56 Å². The second-order valence-electron chi connectivity index (χ2n) is 4.17. The van der Waals surface area contributed by atoms with E-state index in [0.29, 0.717) is 11.8 Å². The highest BCUT2D eigenvalue weighted by Gasteiger charge is 2.37. The molecule has 0 fully saturated rings. The number of hydrogen-bond donors (Lipinski definition) is 0. The van der Waals surface area contributed by atoms with Crippen LogP contribution in [0.2, 0.25) is 0 Å². The first-order valence-electron chi connectivity index (χ1n) is 6.01. The van der Waals surface area contributed by atoms with Gasteiger partial charge in [0.05, 0.1) is 12.7 Å². The van der Waals surface area contributed by atoms with Gasteiger partial charge in [-0.3, -0.25) is 4.79 Å². The maximum atomic E-state index is 12.3. The van der Waals surface area contributed by atoms with Crippen LogP contribution in [0.4, 0.5) is 18.9 Å². The predicted molar refractivity (Wildman–Crippen MR) is 70.4 cm³/mol. The number of ketones is 1. The van der Waals surface area contributed by atoms with E-state index in [1.54, 1.807) is 19.1 Å². The molecule has 0 aliphatic heterocycles. The third kappa shape index (κ3) is 4.29. The number of halogens is 3. The summed E-state index contributed by atoms with van der Waals surface area (Å²) in [6, 6.07) is 7.11. The van der Waals surface area contributed by atoms with Gasteiger partial charge in [0.2, 0.25) is 0 Å². The molecule has 1 aromatic rings. The van der Waals surface area contributed by atoms with Crippen molar-refractivity contribution in [3.05, 3.63) is 41.8 Å². The summed E-state index contributed by atoms with van der Waals surface area (Å²) >= 11 is 0. The molecule has 1 rings (SSSR count). The molecule has 0 aliphatic carbocycles. The normalized spacial score (nSPS) is 12.2. The van der Waals surface area contributed by atoms with Crippen molar-refractivity contribution < 1.29 is 22.7 Å². The smallest absolute Gasteiger partial charge is 0.454 e. The Balaban J connectivity index is 3.04.